The van der Waals surface area contributed by atoms with Crippen molar-refractivity contribution in [2.45, 2.75) is 25.9 Å². The molecule has 0 aliphatic rings. The van der Waals surface area contributed by atoms with Crippen molar-refractivity contribution in [3.8, 4) is 0 Å². The summed E-state index contributed by atoms with van der Waals surface area (Å²) < 4.78 is 2.99. The van der Waals surface area contributed by atoms with Crippen LogP contribution in [0.15, 0.2) is 34.9 Å². The third-order valence-corrected chi connectivity index (χ3v) is 4.09. The molecule has 0 fully saturated rings. The van der Waals surface area contributed by atoms with Gasteiger partial charge in [-0.1, -0.05) is 29.8 Å². The number of rotatable bonds is 6. The first-order valence-electron chi connectivity index (χ1n) is 7.14. The van der Waals surface area contributed by atoms with Crippen LogP contribution in [-0.4, -0.2) is 35.3 Å². The summed E-state index contributed by atoms with van der Waals surface area (Å²) in [5.41, 5.74) is 10.0. The first-order valence-corrected chi connectivity index (χ1v) is 7.93. The summed E-state index contributed by atoms with van der Waals surface area (Å²) in [6, 6.07) is 8.43. The summed E-state index contributed by atoms with van der Waals surface area (Å²) in [6.07, 6.45) is 2.65. The standard InChI is InChI=1S/C16H23BrN4/c1-12-5-4-6-13(9-12)10-15(18)16-14(17)11-19-21(16)8-7-20(2)3/h4-6,9,11,15H,7-8,10,18H2,1-3H3. The molecule has 0 aliphatic heterocycles. The molecule has 21 heavy (non-hydrogen) atoms. The second-order valence-electron chi connectivity index (χ2n) is 5.70. The molecule has 0 radical (unpaired) electrons. The average Bonchev–Trinajstić information content (AvgIpc) is 2.77. The quantitative estimate of drug-likeness (QED) is 0.871. The first kappa shape index (κ1) is 16.2. The Labute approximate surface area is 135 Å². The van der Waals surface area contributed by atoms with Crippen molar-refractivity contribution in [3.05, 3.63) is 51.8 Å². The molecule has 0 aliphatic carbocycles. The minimum atomic E-state index is -0.0640. The highest BCUT2D eigenvalue weighted by atomic mass is 79.9. The van der Waals surface area contributed by atoms with E-state index < -0.39 is 0 Å². The van der Waals surface area contributed by atoms with Crippen molar-refractivity contribution in [3.63, 3.8) is 0 Å². The number of hydrogen-bond acceptors (Lipinski definition) is 3. The van der Waals surface area contributed by atoms with Crippen molar-refractivity contribution in [2.24, 2.45) is 5.73 Å². The zero-order valence-electron chi connectivity index (χ0n) is 12.9. The van der Waals surface area contributed by atoms with E-state index in [0.717, 1.165) is 29.7 Å². The van der Waals surface area contributed by atoms with Crippen molar-refractivity contribution in [2.75, 3.05) is 20.6 Å². The molecule has 5 heteroatoms. The second kappa shape index (κ2) is 7.20. The van der Waals surface area contributed by atoms with Gasteiger partial charge in [-0.25, -0.2) is 0 Å². The van der Waals surface area contributed by atoms with Crippen molar-refractivity contribution < 1.29 is 0 Å². The van der Waals surface area contributed by atoms with Gasteiger partial charge in [0.15, 0.2) is 0 Å². The predicted octanol–water partition coefficient (Wildman–Crippen LogP) is 2.76. The van der Waals surface area contributed by atoms with Crippen LogP contribution in [0.2, 0.25) is 0 Å². The van der Waals surface area contributed by atoms with Crippen LogP contribution in [0.1, 0.15) is 22.9 Å². The van der Waals surface area contributed by atoms with Gasteiger partial charge in [0.2, 0.25) is 0 Å². The van der Waals surface area contributed by atoms with Crippen molar-refractivity contribution in [1.82, 2.24) is 14.7 Å². The zero-order chi connectivity index (χ0) is 15.4. The summed E-state index contributed by atoms with van der Waals surface area (Å²) in [5.74, 6) is 0. The van der Waals surface area contributed by atoms with Crippen LogP contribution in [0.25, 0.3) is 0 Å². The normalized spacial score (nSPS) is 12.9. The molecule has 1 unspecified atom stereocenters. The zero-order valence-corrected chi connectivity index (χ0v) is 14.5. The van der Waals surface area contributed by atoms with Gasteiger partial charge in [-0.15, -0.1) is 0 Å². The third kappa shape index (κ3) is 4.40. The number of likely N-dealkylation sites (N-methyl/N-ethyl adjacent to an activating group) is 1. The number of nitrogens with two attached hydrogens (primary N) is 1. The van der Waals surface area contributed by atoms with Gasteiger partial charge in [-0.3, -0.25) is 4.68 Å². The number of benzene rings is 1. The predicted molar refractivity (Wildman–Crippen MR) is 90.3 cm³/mol. The summed E-state index contributed by atoms with van der Waals surface area (Å²) in [4.78, 5) is 2.14. The lowest BCUT2D eigenvalue weighted by molar-refractivity contribution is 0.366. The van der Waals surface area contributed by atoms with E-state index in [1.807, 2.05) is 10.9 Å². The highest BCUT2D eigenvalue weighted by Crippen LogP contribution is 2.24. The monoisotopic (exact) mass is 350 g/mol. The maximum Gasteiger partial charge on any atom is 0.0697 e. The van der Waals surface area contributed by atoms with Crippen LogP contribution >= 0.6 is 15.9 Å². The molecule has 0 spiro atoms. The van der Waals surface area contributed by atoms with Gasteiger partial charge in [0.05, 0.1) is 29.0 Å². The Bertz CT molecular complexity index is 592. The molecule has 0 bridgehead atoms. The minimum absolute atomic E-state index is 0.0640. The van der Waals surface area contributed by atoms with Crippen LogP contribution in [0, 0.1) is 6.92 Å². The molecule has 1 aromatic heterocycles. The highest BCUT2D eigenvalue weighted by Gasteiger charge is 2.17. The lowest BCUT2D eigenvalue weighted by Crippen LogP contribution is -2.24. The average molecular weight is 351 g/mol. The van der Waals surface area contributed by atoms with Crippen molar-refractivity contribution in [1.29, 1.82) is 0 Å². The lowest BCUT2D eigenvalue weighted by atomic mass is 10.0. The number of nitrogens with zero attached hydrogens (tertiary/aromatic N) is 3. The van der Waals surface area contributed by atoms with Crippen LogP contribution < -0.4 is 5.73 Å². The molecule has 114 valence electrons. The topological polar surface area (TPSA) is 47.1 Å². The largest absolute Gasteiger partial charge is 0.322 e. The van der Waals surface area contributed by atoms with Crippen molar-refractivity contribution >= 4 is 15.9 Å². The van der Waals surface area contributed by atoms with Gasteiger partial charge in [0.1, 0.15) is 0 Å². The Balaban J connectivity index is 2.14. The second-order valence-corrected chi connectivity index (χ2v) is 6.56. The van der Waals surface area contributed by atoms with Gasteiger partial charge in [0.25, 0.3) is 0 Å². The molecular weight excluding hydrogens is 328 g/mol. The highest BCUT2D eigenvalue weighted by molar-refractivity contribution is 9.10. The fraction of sp³-hybridized carbons (Fsp3) is 0.438. The summed E-state index contributed by atoms with van der Waals surface area (Å²) >= 11 is 3.58. The number of aryl methyl sites for hydroxylation is 1. The molecular formula is C16H23BrN4. The summed E-state index contributed by atoms with van der Waals surface area (Å²) in [7, 11) is 4.12. The SMILES string of the molecule is Cc1cccc(CC(N)c2c(Br)cnn2CCN(C)C)c1. The van der Waals surface area contributed by atoms with Gasteiger partial charge in [0, 0.05) is 6.54 Å². The lowest BCUT2D eigenvalue weighted by Gasteiger charge is -2.17. The minimum Gasteiger partial charge on any atom is -0.322 e. The summed E-state index contributed by atoms with van der Waals surface area (Å²) in [5, 5.41) is 4.43. The third-order valence-electron chi connectivity index (χ3n) is 3.48. The molecule has 0 amide bonds. The maximum absolute atomic E-state index is 6.43. The van der Waals surface area contributed by atoms with E-state index in [1.54, 1.807) is 0 Å². The van der Waals surface area contributed by atoms with Gasteiger partial charge >= 0.3 is 0 Å². The molecule has 4 nitrogen and oxygen atoms in total. The molecule has 2 N–H and O–H groups in total. The molecule has 2 rings (SSSR count). The molecule has 2 aromatic rings. The fourth-order valence-corrected chi connectivity index (χ4v) is 2.99. The molecule has 0 saturated heterocycles. The number of halogens is 1. The Morgan fingerprint density at radius 2 is 2.14 bits per heavy atom. The number of aromatic nitrogens is 2. The Hall–Kier alpha value is -1.17. The van der Waals surface area contributed by atoms with Crippen LogP contribution in [0.4, 0.5) is 0 Å². The maximum atomic E-state index is 6.43. The Morgan fingerprint density at radius 3 is 2.81 bits per heavy atom. The molecule has 0 saturated carbocycles. The molecule has 1 aromatic carbocycles. The van der Waals surface area contributed by atoms with E-state index in [2.05, 4.69) is 71.2 Å². The van der Waals surface area contributed by atoms with E-state index in [4.69, 9.17) is 5.73 Å². The van der Waals surface area contributed by atoms with Crippen LogP contribution in [-0.2, 0) is 13.0 Å². The van der Waals surface area contributed by atoms with Gasteiger partial charge in [-0.2, -0.15) is 5.10 Å². The Kier molecular flexibility index (Phi) is 5.56. The van der Waals surface area contributed by atoms with E-state index in [1.165, 1.54) is 11.1 Å². The summed E-state index contributed by atoms with van der Waals surface area (Å²) in [6.45, 7) is 3.89. The first-order chi connectivity index (χ1) is 9.97. The van der Waals surface area contributed by atoms with Crippen LogP contribution in [0.5, 0.6) is 0 Å². The van der Waals surface area contributed by atoms with Crippen LogP contribution in [0.3, 0.4) is 0 Å². The van der Waals surface area contributed by atoms with Gasteiger partial charge in [-0.05, 0) is 48.9 Å². The Morgan fingerprint density at radius 1 is 1.38 bits per heavy atom. The van der Waals surface area contributed by atoms with E-state index in [9.17, 15) is 0 Å². The molecule has 1 atom stereocenters. The van der Waals surface area contributed by atoms with E-state index in [0.29, 0.717) is 0 Å². The molecule has 1 heterocycles. The number of hydrogen-bond donors (Lipinski definition) is 1. The van der Waals surface area contributed by atoms with E-state index in [-0.39, 0.29) is 6.04 Å². The van der Waals surface area contributed by atoms with Gasteiger partial charge < -0.3 is 10.6 Å². The smallest absolute Gasteiger partial charge is 0.0697 e. The fourth-order valence-electron chi connectivity index (χ4n) is 2.40. The van der Waals surface area contributed by atoms with E-state index >= 15 is 0 Å².